The van der Waals surface area contributed by atoms with E-state index in [0.717, 1.165) is 12.5 Å². The highest BCUT2D eigenvalue weighted by atomic mass is 15.0. The molecule has 0 N–H and O–H groups in total. The first-order valence-electron chi connectivity index (χ1n) is 6.32. The summed E-state index contributed by atoms with van der Waals surface area (Å²) in [6.07, 6.45) is 9.30. The number of rotatable bonds is 2. The molecule has 0 unspecified atom stereocenters. The summed E-state index contributed by atoms with van der Waals surface area (Å²) in [4.78, 5) is 0. The molecule has 1 heterocycles. The zero-order valence-corrected chi connectivity index (χ0v) is 10.00. The van der Waals surface area contributed by atoms with Crippen LogP contribution in [-0.4, -0.2) is 0 Å². The average molecular weight is 204 g/mol. The Morgan fingerprint density at radius 2 is 2.00 bits per heavy atom. The maximum Gasteiger partial charge on any atom is 0.187 e. The van der Waals surface area contributed by atoms with E-state index in [1.165, 1.54) is 37.7 Å². The van der Waals surface area contributed by atoms with E-state index >= 15 is 0 Å². The fourth-order valence-electron chi connectivity index (χ4n) is 2.89. The zero-order valence-electron chi connectivity index (χ0n) is 10.00. The first kappa shape index (κ1) is 10.7. The minimum Gasteiger partial charge on any atom is -0.202 e. The molecular formula is C14H22N+. The Hall–Kier alpha value is -0.850. The van der Waals surface area contributed by atoms with Crippen molar-refractivity contribution in [3.05, 3.63) is 29.6 Å². The first-order chi connectivity index (χ1) is 7.33. The van der Waals surface area contributed by atoms with Gasteiger partial charge >= 0.3 is 0 Å². The van der Waals surface area contributed by atoms with Gasteiger partial charge in [0.05, 0.1) is 0 Å². The molecule has 0 atom stereocenters. The normalized spacial score (nSPS) is 18.0. The lowest BCUT2D eigenvalue weighted by Gasteiger charge is -2.21. The minimum absolute atomic E-state index is 0.819. The molecular weight excluding hydrogens is 182 g/mol. The highest BCUT2D eigenvalue weighted by molar-refractivity contribution is 5.17. The van der Waals surface area contributed by atoms with E-state index in [2.05, 4.69) is 36.7 Å². The van der Waals surface area contributed by atoms with Crippen molar-refractivity contribution in [3.63, 3.8) is 0 Å². The molecule has 0 bridgehead atoms. The van der Waals surface area contributed by atoms with Gasteiger partial charge in [-0.15, -0.1) is 0 Å². The summed E-state index contributed by atoms with van der Waals surface area (Å²) in [5, 5.41) is 0. The predicted molar refractivity (Wildman–Crippen MR) is 62.9 cm³/mol. The van der Waals surface area contributed by atoms with Gasteiger partial charge in [0.1, 0.15) is 6.54 Å². The number of aryl methyl sites for hydroxylation is 2. The fraction of sp³-hybridized carbons (Fsp3) is 0.643. The summed E-state index contributed by atoms with van der Waals surface area (Å²) in [6.45, 7) is 5.61. The molecule has 0 radical (unpaired) electrons. The monoisotopic (exact) mass is 204 g/mol. The molecule has 2 rings (SSSR count). The smallest absolute Gasteiger partial charge is 0.187 e. The van der Waals surface area contributed by atoms with Crippen molar-refractivity contribution in [3.8, 4) is 0 Å². The summed E-state index contributed by atoms with van der Waals surface area (Å²) >= 11 is 0. The molecule has 1 fully saturated rings. The zero-order chi connectivity index (χ0) is 10.7. The third-order valence-electron chi connectivity index (χ3n) is 3.66. The Kier molecular flexibility index (Phi) is 3.40. The molecule has 0 saturated heterocycles. The highest BCUT2D eigenvalue weighted by Crippen LogP contribution is 2.32. The van der Waals surface area contributed by atoms with Crippen LogP contribution in [0.5, 0.6) is 0 Å². The van der Waals surface area contributed by atoms with E-state index in [9.17, 15) is 0 Å². The largest absolute Gasteiger partial charge is 0.202 e. The summed E-state index contributed by atoms with van der Waals surface area (Å²) in [7, 11) is 0. The molecule has 0 aromatic carbocycles. The average Bonchev–Trinajstić information content (AvgIpc) is 2.29. The topological polar surface area (TPSA) is 3.88 Å². The van der Waals surface area contributed by atoms with E-state index in [1.54, 1.807) is 5.69 Å². The van der Waals surface area contributed by atoms with Gasteiger partial charge in [0, 0.05) is 17.5 Å². The van der Waals surface area contributed by atoms with Crippen molar-refractivity contribution in [2.24, 2.45) is 0 Å². The van der Waals surface area contributed by atoms with E-state index < -0.39 is 0 Å². The van der Waals surface area contributed by atoms with Gasteiger partial charge in [-0.3, -0.25) is 0 Å². The van der Waals surface area contributed by atoms with E-state index in [1.807, 2.05) is 0 Å². The van der Waals surface area contributed by atoms with Crippen LogP contribution in [0.4, 0.5) is 0 Å². The lowest BCUT2D eigenvalue weighted by atomic mass is 9.85. The van der Waals surface area contributed by atoms with Crippen LogP contribution in [0.25, 0.3) is 0 Å². The van der Waals surface area contributed by atoms with Crippen molar-refractivity contribution in [1.29, 1.82) is 0 Å². The van der Waals surface area contributed by atoms with Gasteiger partial charge in [-0.05, 0) is 32.8 Å². The van der Waals surface area contributed by atoms with Gasteiger partial charge < -0.3 is 0 Å². The Labute approximate surface area is 93.1 Å². The maximum absolute atomic E-state index is 2.44. The van der Waals surface area contributed by atoms with Crippen LogP contribution in [0.1, 0.15) is 56.2 Å². The van der Waals surface area contributed by atoms with E-state index in [-0.39, 0.29) is 0 Å². The van der Waals surface area contributed by atoms with Gasteiger partial charge in [-0.1, -0.05) is 19.3 Å². The van der Waals surface area contributed by atoms with Crippen LogP contribution in [-0.2, 0) is 6.54 Å². The second kappa shape index (κ2) is 4.78. The van der Waals surface area contributed by atoms with Gasteiger partial charge in [0.2, 0.25) is 0 Å². The predicted octanol–water partition coefficient (Wildman–Crippen LogP) is 3.35. The molecule has 1 saturated carbocycles. The Balaban J connectivity index is 2.31. The van der Waals surface area contributed by atoms with Gasteiger partial charge in [-0.2, -0.15) is 0 Å². The van der Waals surface area contributed by atoms with E-state index in [0.29, 0.717) is 0 Å². The van der Waals surface area contributed by atoms with Crippen molar-refractivity contribution in [1.82, 2.24) is 0 Å². The van der Waals surface area contributed by atoms with Crippen molar-refractivity contribution >= 4 is 0 Å². The number of nitrogens with zero attached hydrogens (tertiary/aromatic N) is 1. The van der Waals surface area contributed by atoms with Gasteiger partial charge in [-0.25, -0.2) is 4.57 Å². The summed E-state index contributed by atoms with van der Waals surface area (Å²) in [6, 6.07) is 4.43. The van der Waals surface area contributed by atoms with Crippen LogP contribution in [0.15, 0.2) is 18.3 Å². The summed E-state index contributed by atoms with van der Waals surface area (Å²) < 4.78 is 2.44. The molecule has 1 aromatic rings. The molecule has 1 heteroatoms. The number of hydrogen-bond acceptors (Lipinski definition) is 0. The highest BCUT2D eigenvalue weighted by Gasteiger charge is 2.25. The molecule has 1 aliphatic carbocycles. The van der Waals surface area contributed by atoms with Crippen molar-refractivity contribution < 1.29 is 4.57 Å². The van der Waals surface area contributed by atoms with Crippen molar-refractivity contribution in [2.45, 2.75) is 58.4 Å². The Morgan fingerprint density at radius 1 is 1.27 bits per heavy atom. The molecule has 82 valence electrons. The van der Waals surface area contributed by atoms with Crippen LogP contribution in [0, 0.1) is 6.92 Å². The molecule has 1 aromatic heterocycles. The molecule has 0 spiro atoms. The third kappa shape index (κ3) is 2.22. The second-order valence-electron chi connectivity index (χ2n) is 4.70. The van der Waals surface area contributed by atoms with Crippen LogP contribution < -0.4 is 4.57 Å². The SMILES string of the molecule is CC[n+]1cccc(C)c1C1CCCCC1. The molecule has 15 heavy (non-hydrogen) atoms. The lowest BCUT2D eigenvalue weighted by Crippen LogP contribution is -2.39. The molecule has 1 nitrogen and oxygen atoms in total. The molecule has 0 amide bonds. The first-order valence-corrected chi connectivity index (χ1v) is 6.32. The van der Waals surface area contributed by atoms with Crippen LogP contribution in [0.2, 0.25) is 0 Å². The number of pyridine rings is 1. The van der Waals surface area contributed by atoms with Gasteiger partial charge in [0.25, 0.3) is 0 Å². The minimum atomic E-state index is 0.819. The third-order valence-corrected chi connectivity index (χ3v) is 3.66. The maximum atomic E-state index is 2.44. The molecule has 1 aliphatic rings. The van der Waals surface area contributed by atoms with Crippen molar-refractivity contribution in [2.75, 3.05) is 0 Å². The summed E-state index contributed by atoms with van der Waals surface area (Å²) in [5.41, 5.74) is 3.07. The second-order valence-corrected chi connectivity index (χ2v) is 4.70. The Morgan fingerprint density at radius 3 is 2.67 bits per heavy atom. The number of hydrogen-bond donors (Lipinski definition) is 0. The Bertz CT molecular complexity index is 324. The number of aromatic nitrogens is 1. The molecule has 0 aliphatic heterocycles. The van der Waals surface area contributed by atoms with Crippen LogP contribution in [0.3, 0.4) is 0 Å². The van der Waals surface area contributed by atoms with Crippen LogP contribution >= 0.6 is 0 Å². The standard InChI is InChI=1S/C14H22N/c1-3-15-11-7-8-12(2)14(15)13-9-5-4-6-10-13/h7-8,11,13H,3-6,9-10H2,1-2H3/q+1. The summed E-state index contributed by atoms with van der Waals surface area (Å²) in [5.74, 6) is 0.819. The lowest BCUT2D eigenvalue weighted by molar-refractivity contribution is -0.702. The van der Waals surface area contributed by atoms with Gasteiger partial charge in [0.15, 0.2) is 11.9 Å². The fourth-order valence-corrected chi connectivity index (χ4v) is 2.89. The van der Waals surface area contributed by atoms with E-state index in [4.69, 9.17) is 0 Å². The quantitative estimate of drug-likeness (QED) is 0.650.